The van der Waals surface area contributed by atoms with E-state index in [4.69, 9.17) is 10.8 Å². The van der Waals surface area contributed by atoms with E-state index in [1.807, 2.05) is 0 Å². The molecule has 0 aliphatic carbocycles. The highest BCUT2D eigenvalue weighted by Crippen LogP contribution is 2.04. The van der Waals surface area contributed by atoms with Crippen LogP contribution in [0.5, 0.6) is 0 Å². The third kappa shape index (κ3) is 4.84. The monoisotopic (exact) mass is 251 g/mol. The van der Waals surface area contributed by atoms with E-state index >= 15 is 0 Å². The van der Waals surface area contributed by atoms with Crippen LogP contribution in [0.2, 0.25) is 0 Å². The predicted octanol–water partition coefficient (Wildman–Crippen LogP) is 0.533. The quantitative estimate of drug-likeness (QED) is 0.553. The molecule has 6 heteroatoms. The molecule has 0 atom stereocenters. The van der Waals surface area contributed by atoms with Gasteiger partial charge in [0.05, 0.1) is 5.56 Å². The first-order valence-electron chi connectivity index (χ1n) is 5.67. The molecule has 0 saturated carbocycles. The number of urea groups is 1. The molecule has 0 aliphatic heterocycles. The number of carbonyl (C=O) groups is 2. The van der Waals surface area contributed by atoms with Crippen molar-refractivity contribution in [3.05, 3.63) is 35.4 Å². The molecule has 1 aromatic rings. The number of carboxylic acid groups (broad SMARTS) is 1. The van der Waals surface area contributed by atoms with Gasteiger partial charge in [-0.15, -0.1) is 0 Å². The number of carbonyl (C=O) groups excluding carboxylic acids is 1. The molecule has 0 bridgehead atoms. The molecule has 0 radical (unpaired) electrons. The van der Waals surface area contributed by atoms with E-state index in [0.717, 1.165) is 12.0 Å². The van der Waals surface area contributed by atoms with Crippen molar-refractivity contribution in [2.75, 3.05) is 13.1 Å². The Kier molecular flexibility index (Phi) is 5.66. The molecule has 5 N–H and O–H groups in total. The summed E-state index contributed by atoms with van der Waals surface area (Å²) in [7, 11) is 0. The Labute approximate surface area is 105 Å². The Morgan fingerprint density at radius 3 is 2.72 bits per heavy atom. The Bertz CT molecular complexity index is 421. The Morgan fingerprint density at radius 1 is 1.28 bits per heavy atom. The van der Waals surface area contributed by atoms with E-state index in [1.165, 1.54) is 12.1 Å². The molecule has 98 valence electrons. The molecular weight excluding hydrogens is 234 g/mol. The minimum atomic E-state index is -0.982. The summed E-state index contributed by atoms with van der Waals surface area (Å²) in [6, 6.07) is 6.15. The van der Waals surface area contributed by atoms with Crippen LogP contribution in [0.15, 0.2) is 24.3 Å². The Hall–Kier alpha value is -2.08. The summed E-state index contributed by atoms with van der Waals surface area (Å²) >= 11 is 0. The highest BCUT2D eigenvalue weighted by molar-refractivity contribution is 5.87. The van der Waals surface area contributed by atoms with Crippen LogP contribution in [0.1, 0.15) is 22.3 Å². The highest BCUT2D eigenvalue weighted by atomic mass is 16.4. The fourth-order valence-electron chi connectivity index (χ4n) is 1.36. The fraction of sp³-hybridized carbons (Fsp3) is 0.333. The van der Waals surface area contributed by atoms with E-state index in [2.05, 4.69) is 10.6 Å². The van der Waals surface area contributed by atoms with Crippen molar-refractivity contribution in [1.29, 1.82) is 0 Å². The largest absolute Gasteiger partial charge is 0.478 e. The zero-order valence-corrected chi connectivity index (χ0v) is 9.98. The summed E-state index contributed by atoms with van der Waals surface area (Å²) < 4.78 is 0. The van der Waals surface area contributed by atoms with Crippen LogP contribution >= 0.6 is 0 Å². The van der Waals surface area contributed by atoms with Gasteiger partial charge >= 0.3 is 12.0 Å². The lowest BCUT2D eigenvalue weighted by Crippen LogP contribution is -2.36. The van der Waals surface area contributed by atoms with Crippen LogP contribution in [-0.2, 0) is 6.54 Å². The van der Waals surface area contributed by atoms with Crippen LogP contribution in [0.25, 0.3) is 0 Å². The predicted molar refractivity (Wildman–Crippen MR) is 67.3 cm³/mol. The molecular formula is C12H17N3O3. The van der Waals surface area contributed by atoms with Crippen molar-refractivity contribution in [2.45, 2.75) is 13.0 Å². The zero-order chi connectivity index (χ0) is 13.4. The number of benzene rings is 1. The van der Waals surface area contributed by atoms with E-state index in [-0.39, 0.29) is 18.1 Å². The standard InChI is InChI=1S/C12H17N3O3/c13-5-2-6-14-12(18)15-8-9-3-1-4-10(7-9)11(16)17/h1,3-4,7H,2,5-6,8,13H2,(H,16,17)(H2,14,15,18). The van der Waals surface area contributed by atoms with Gasteiger partial charge in [-0.1, -0.05) is 12.1 Å². The Morgan fingerprint density at radius 2 is 2.06 bits per heavy atom. The molecule has 1 aromatic carbocycles. The molecule has 1 rings (SSSR count). The first-order valence-corrected chi connectivity index (χ1v) is 5.67. The van der Waals surface area contributed by atoms with Crippen LogP contribution in [0, 0.1) is 0 Å². The van der Waals surface area contributed by atoms with Gasteiger partial charge in [0.15, 0.2) is 0 Å². The Balaban J connectivity index is 2.41. The average Bonchev–Trinajstić information content (AvgIpc) is 2.37. The highest BCUT2D eigenvalue weighted by Gasteiger charge is 2.04. The lowest BCUT2D eigenvalue weighted by atomic mass is 10.1. The molecule has 0 spiro atoms. The molecule has 0 fully saturated rings. The number of carboxylic acids is 1. The van der Waals surface area contributed by atoms with Crippen molar-refractivity contribution in [3.63, 3.8) is 0 Å². The normalized spacial score (nSPS) is 9.83. The summed E-state index contributed by atoms with van der Waals surface area (Å²) in [6.07, 6.45) is 0.724. The van der Waals surface area contributed by atoms with Gasteiger partial charge in [0.1, 0.15) is 0 Å². The van der Waals surface area contributed by atoms with Crippen LogP contribution in [0.3, 0.4) is 0 Å². The molecule has 0 unspecified atom stereocenters. The van der Waals surface area contributed by atoms with Crippen LogP contribution < -0.4 is 16.4 Å². The number of hydrogen-bond donors (Lipinski definition) is 4. The number of amides is 2. The third-order valence-electron chi connectivity index (χ3n) is 2.29. The van der Waals surface area contributed by atoms with E-state index in [1.54, 1.807) is 12.1 Å². The van der Waals surface area contributed by atoms with Crippen molar-refractivity contribution >= 4 is 12.0 Å². The number of hydrogen-bond acceptors (Lipinski definition) is 3. The van der Waals surface area contributed by atoms with Crippen LogP contribution in [0.4, 0.5) is 4.79 Å². The van der Waals surface area contributed by atoms with Gasteiger partial charge in [-0.25, -0.2) is 9.59 Å². The summed E-state index contributed by atoms with van der Waals surface area (Å²) in [5, 5.41) is 14.1. The first-order chi connectivity index (χ1) is 8.63. The first kappa shape index (κ1) is 14.0. The second-order valence-corrected chi connectivity index (χ2v) is 3.76. The van der Waals surface area contributed by atoms with E-state index in [9.17, 15) is 9.59 Å². The van der Waals surface area contributed by atoms with Crippen molar-refractivity contribution < 1.29 is 14.7 Å². The number of rotatable bonds is 6. The topological polar surface area (TPSA) is 104 Å². The van der Waals surface area contributed by atoms with Crippen LogP contribution in [-0.4, -0.2) is 30.2 Å². The maximum atomic E-state index is 11.3. The molecule has 18 heavy (non-hydrogen) atoms. The molecule has 0 aliphatic rings. The summed E-state index contributed by atoms with van der Waals surface area (Å²) in [6.45, 7) is 1.34. The lowest BCUT2D eigenvalue weighted by molar-refractivity contribution is 0.0696. The molecule has 2 amide bonds. The zero-order valence-electron chi connectivity index (χ0n) is 9.98. The van der Waals surface area contributed by atoms with Gasteiger partial charge in [0.25, 0.3) is 0 Å². The van der Waals surface area contributed by atoms with Crippen molar-refractivity contribution in [1.82, 2.24) is 10.6 Å². The second kappa shape index (κ2) is 7.29. The third-order valence-corrected chi connectivity index (χ3v) is 2.29. The van der Waals surface area contributed by atoms with Gasteiger partial charge in [0.2, 0.25) is 0 Å². The van der Waals surface area contributed by atoms with Crippen molar-refractivity contribution in [2.24, 2.45) is 5.73 Å². The van der Waals surface area contributed by atoms with Crippen molar-refractivity contribution in [3.8, 4) is 0 Å². The van der Waals surface area contributed by atoms with Gasteiger partial charge in [-0.2, -0.15) is 0 Å². The van der Waals surface area contributed by atoms with Gasteiger partial charge < -0.3 is 21.5 Å². The van der Waals surface area contributed by atoms with Gasteiger partial charge in [0, 0.05) is 13.1 Å². The summed E-state index contributed by atoms with van der Waals surface area (Å²) in [5.74, 6) is -0.982. The molecule has 6 nitrogen and oxygen atoms in total. The fourth-order valence-corrected chi connectivity index (χ4v) is 1.36. The minimum absolute atomic E-state index is 0.206. The summed E-state index contributed by atoms with van der Waals surface area (Å²) in [4.78, 5) is 22.1. The maximum Gasteiger partial charge on any atom is 0.335 e. The smallest absolute Gasteiger partial charge is 0.335 e. The maximum absolute atomic E-state index is 11.3. The lowest BCUT2D eigenvalue weighted by Gasteiger charge is -2.07. The molecule has 0 saturated heterocycles. The molecule has 0 aromatic heterocycles. The van der Waals surface area contributed by atoms with E-state index < -0.39 is 5.97 Å². The minimum Gasteiger partial charge on any atom is -0.478 e. The SMILES string of the molecule is NCCCNC(=O)NCc1cccc(C(=O)O)c1. The summed E-state index contributed by atoms with van der Waals surface area (Å²) in [5.41, 5.74) is 6.24. The van der Waals surface area contributed by atoms with Gasteiger partial charge in [-0.05, 0) is 30.7 Å². The van der Waals surface area contributed by atoms with E-state index in [0.29, 0.717) is 13.1 Å². The number of nitrogens with two attached hydrogens (primary N) is 1. The second-order valence-electron chi connectivity index (χ2n) is 3.76. The number of nitrogens with one attached hydrogen (secondary N) is 2. The average molecular weight is 251 g/mol. The molecule has 0 heterocycles. The van der Waals surface area contributed by atoms with Gasteiger partial charge in [-0.3, -0.25) is 0 Å². The number of aromatic carboxylic acids is 1.